The molecule has 2 aromatic rings. The van der Waals surface area contributed by atoms with Gasteiger partial charge in [-0.15, -0.1) is 0 Å². The number of rotatable bonds is 4. The summed E-state index contributed by atoms with van der Waals surface area (Å²) < 4.78 is 5.40. The van der Waals surface area contributed by atoms with E-state index in [9.17, 15) is 4.79 Å². The van der Waals surface area contributed by atoms with E-state index >= 15 is 0 Å². The Bertz CT molecular complexity index is 621. The van der Waals surface area contributed by atoms with Gasteiger partial charge in [-0.3, -0.25) is 10.6 Å². The van der Waals surface area contributed by atoms with E-state index in [4.69, 9.17) is 10.3 Å². The number of aromatic nitrogens is 1. The lowest BCUT2D eigenvalue weighted by atomic mass is 10.1. The number of hydrogen-bond donors (Lipinski definition) is 3. The molecule has 0 aliphatic heterocycles. The zero-order chi connectivity index (χ0) is 14.7. The van der Waals surface area contributed by atoms with E-state index in [0.717, 1.165) is 17.0 Å². The first-order chi connectivity index (χ1) is 9.51. The van der Waals surface area contributed by atoms with Crippen molar-refractivity contribution in [2.24, 2.45) is 5.84 Å². The van der Waals surface area contributed by atoms with E-state index in [0.29, 0.717) is 11.5 Å². The molecule has 20 heavy (non-hydrogen) atoms. The zero-order valence-electron chi connectivity index (χ0n) is 11.7. The molecule has 0 fully saturated rings. The minimum Gasteiger partial charge on any atom is -0.444 e. The van der Waals surface area contributed by atoms with Gasteiger partial charge >= 0.3 is 0 Å². The number of nitrogens with two attached hydrogens (primary N) is 1. The van der Waals surface area contributed by atoms with Crippen LogP contribution in [0.15, 0.2) is 28.8 Å². The van der Waals surface area contributed by atoms with Crippen molar-refractivity contribution >= 4 is 11.6 Å². The van der Waals surface area contributed by atoms with Crippen molar-refractivity contribution in [3.63, 3.8) is 0 Å². The lowest BCUT2D eigenvalue weighted by molar-refractivity contribution is 0.0933. The van der Waals surface area contributed by atoms with Crippen molar-refractivity contribution in [2.75, 3.05) is 5.43 Å². The van der Waals surface area contributed by atoms with Crippen LogP contribution in [-0.2, 0) is 0 Å². The van der Waals surface area contributed by atoms with Gasteiger partial charge in [0.25, 0.3) is 5.91 Å². The molecule has 4 N–H and O–H groups in total. The quantitative estimate of drug-likeness (QED) is 0.586. The molecule has 0 saturated carbocycles. The Kier molecular flexibility index (Phi) is 4.05. The van der Waals surface area contributed by atoms with Gasteiger partial charge in [-0.1, -0.05) is 0 Å². The van der Waals surface area contributed by atoms with Crippen molar-refractivity contribution in [3.8, 4) is 0 Å². The fraction of sp³-hybridized carbons (Fsp3) is 0.286. The average Bonchev–Trinajstić information content (AvgIpc) is 2.85. The highest BCUT2D eigenvalue weighted by Crippen LogP contribution is 2.17. The fourth-order valence-electron chi connectivity index (χ4n) is 1.92. The summed E-state index contributed by atoms with van der Waals surface area (Å²) in [5.41, 5.74) is 4.74. The molecule has 0 spiro atoms. The van der Waals surface area contributed by atoms with Crippen molar-refractivity contribution in [2.45, 2.75) is 26.8 Å². The summed E-state index contributed by atoms with van der Waals surface area (Å²) >= 11 is 0. The highest BCUT2D eigenvalue weighted by Gasteiger charge is 2.16. The maximum absolute atomic E-state index is 12.2. The smallest absolute Gasteiger partial charge is 0.252 e. The van der Waals surface area contributed by atoms with E-state index in [1.807, 2.05) is 26.8 Å². The third-order valence-corrected chi connectivity index (χ3v) is 2.99. The highest BCUT2D eigenvalue weighted by molar-refractivity contribution is 5.96. The summed E-state index contributed by atoms with van der Waals surface area (Å²) in [6.45, 7) is 5.50. The Morgan fingerprint density at radius 2 is 2.15 bits per heavy atom. The molecule has 0 aliphatic carbocycles. The number of oxazole rings is 1. The standard InChI is InChI=1S/C14H18N4O2/c1-8-6-11(18-15)4-5-12(8)13(19)17-10(3)14-16-7-9(2)20-14/h4-7,10,18H,15H2,1-3H3,(H,17,19). The fourth-order valence-corrected chi connectivity index (χ4v) is 1.92. The largest absolute Gasteiger partial charge is 0.444 e. The molecule has 1 aromatic heterocycles. The molecule has 6 heteroatoms. The molecule has 0 radical (unpaired) electrons. The van der Waals surface area contributed by atoms with E-state index in [1.54, 1.807) is 18.3 Å². The monoisotopic (exact) mass is 274 g/mol. The first-order valence-electron chi connectivity index (χ1n) is 6.31. The molecule has 1 unspecified atom stereocenters. The summed E-state index contributed by atoms with van der Waals surface area (Å²) in [4.78, 5) is 16.3. The second-order valence-corrected chi connectivity index (χ2v) is 4.68. The summed E-state index contributed by atoms with van der Waals surface area (Å²) in [7, 11) is 0. The van der Waals surface area contributed by atoms with Crippen LogP contribution in [0, 0.1) is 13.8 Å². The van der Waals surface area contributed by atoms with Crippen LogP contribution >= 0.6 is 0 Å². The predicted octanol–water partition coefficient (Wildman–Crippen LogP) is 2.07. The van der Waals surface area contributed by atoms with Crippen LogP contribution in [0.1, 0.15) is 40.5 Å². The lowest BCUT2D eigenvalue weighted by Crippen LogP contribution is -2.27. The second kappa shape index (κ2) is 5.75. The molecular formula is C14H18N4O2. The van der Waals surface area contributed by atoms with E-state index < -0.39 is 0 Å². The molecular weight excluding hydrogens is 256 g/mol. The van der Waals surface area contributed by atoms with Gasteiger partial charge in [-0.25, -0.2) is 4.98 Å². The number of nitrogens with one attached hydrogen (secondary N) is 2. The summed E-state index contributed by atoms with van der Waals surface area (Å²) in [5.74, 6) is 6.37. The second-order valence-electron chi connectivity index (χ2n) is 4.68. The highest BCUT2D eigenvalue weighted by atomic mass is 16.4. The minimum atomic E-state index is -0.289. The SMILES string of the molecule is Cc1cnc(C(C)NC(=O)c2ccc(NN)cc2C)o1. The first kappa shape index (κ1) is 14.1. The van der Waals surface area contributed by atoms with Gasteiger partial charge in [0, 0.05) is 11.3 Å². The van der Waals surface area contributed by atoms with Gasteiger partial charge in [-0.05, 0) is 44.5 Å². The Balaban J connectivity index is 2.12. The Morgan fingerprint density at radius 3 is 2.70 bits per heavy atom. The summed E-state index contributed by atoms with van der Waals surface area (Å²) in [6, 6.07) is 5.01. The average molecular weight is 274 g/mol. The minimum absolute atomic E-state index is 0.172. The van der Waals surface area contributed by atoms with Crippen molar-refractivity contribution in [3.05, 3.63) is 47.2 Å². The van der Waals surface area contributed by atoms with Gasteiger partial charge in [0.1, 0.15) is 11.8 Å². The van der Waals surface area contributed by atoms with Crippen LogP contribution in [0.4, 0.5) is 5.69 Å². The van der Waals surface area contributed by atoms with Crippen LogP contribution in [0.2, 0.25) is 0 Å². The van der Waals surface area contributed by atoms with Gasteiger partial charge in [0.2, 0.25) is 5.89 Å². The Morgan fingerprint density at radius 1 is 1.40 bits per heavy atom. The van der Waals surface area contributed by atoms with E-state index in [1.165, 1.54) is 0 Å². The third-order valence-electron chi connectivity index (χ3n) is 2.99. The van der Waals surface area contributed by atoms with E-state index in [2.05, 4.69) is 15.7 Å². The lowest BCUT2D eigenvalue weighted by Gasteiger charge is -2.12. The molecule has 0 bridgehead atoms. The van der Waals surface area contributed by atoms with Crippen LogP contribution in [0.5, 0.6) is 0 Å². The third kappa shape index (κ3) is 2.97. The van der Waals surface area contributed by atoms with Gasteiger partial charge in [-0.2, -0.15) is 0 Å². The number of carbonyl (C=O) groups excluding carboxylic acids is 1. The number of nitrogens with zero attached hydrogens (tertiary/aromatic N) is 1. The normalized spacial score (nSPS) is 12.0. The number of hydrogen-bond acceptors (Lipinski definition) is 5. The molecule has 106 valence electrons. The number of carbonyl (C=O) groups is 1. The number of benzene rings is 1. The molecule has 1 atom stereocenters. The molecule has 0 aliphatic rings. The summed E-state index contributed by atoms with van der Waals surface area (Å²) in [6.07, 6.45) is 1.63. The summed E-state index contributed by atoms with van der Waals surface area (Å²) in [5, 5.41) is 2.86. The molecule has 1 amide bonds. The van der Waals surface area contributed by atoms with Crippen molar-refractivity contribution in [1.29, 1.82) is 0 Å². The van der Waals surface area contributed by atoms with Crippen molar-refractivity contribution in [1.82, 2.24) is 10.3 Å². The van der Waals surface area contributed by atoms with Crippen molar-refractivity contribution < 1.29 is 9.21 Å². The molecule has 1 aromatic carbocycles. The van der Waals surface area contributed by atoms with Crippen LogP contribution in [-0.4, -0.2) is 10.9 Å². The zero-order valence-corrected chi connectivity index (χ0v) is 11.7. The van der Waals surface area contributed by atoms with Gasteiger partial charge in [0.05, 0.1) is 6.20 Å². The van der Waals surface area contributed by atoms with Crippen LogP contribution in [0.25, 0.3) is 0 Å². The topological polar surface area (TPSA) is 93.2 Å². The van der Waals surface area contributed by atoms with Crippen LogP contribution in [0.3, 0.4) is 0 Å². The van der Waals surface area contributed by atoms with E-state index in [-0.39, 0.29) is 11.9 Å². The molecule has 2 rings (SSSR count). The number of nitrogen functional groups attached to an aromatic ring is 1. The number of aryl methyl sites for hydroxylation is 2. The first-order valence-corrected chi connectivity index (χ1v) is 6.31. The maximum Gasteiger partial charge on any atom is 0.252 e. The predicted molar refractivity (Wildman–Crippen MR) is 76.1 cm³/mol. The maximum atomic E-state index is 12.2. The molecule has 0 saturated heterocycles. The number of anilines is 1. The van der Waals surface area contributed by atoms with Crippen LogP contribution < -0.4 is 16.6 Å². The number of hydrazine groups is 1. The molecule has 6 nitrogen and oxygen atoms in total. The van der Waals surface area contributed by atoms with Gasteiger partial charge in [0.15, 0.2) is 0 Å². The Labute approximate surface area is 117 Å². The molecule has 1 heterocycles. The number of amides is 1. The Hall–Kier alpha value is -2.34. The van der Waals surface area contributed by atoms with Gasteiger partial charge < -0.3 is 15.2 Å².